The van der Waals surface area contributed by atoms with E-state index in [2.05, 4.69) is 14.9 Å². The second-order valence-electron chi connectivity index (χ2n) is 6.05. The maximum Gasteiger partial charge on any atom is 0.228 e. The smallest absolute Gasteiger partial charge is 0.228 e. The number of carbonyl (C=O) groups is 2. The summed E-state index contributed by atoms with van der Waals surface area (Å²) in [5, 5.41) is 0. The van der Waals surface area contributed by atoms with Gasteiger partial charge in [-0.2, -0.15) is 0 Å². The molecule has 0 radical (unpaired) electrons. The third-order valence-electron chi connectivity index (χ3n) is 4.59. The number of hydrogen-bond donors (Lipinski definition) is 0. The van der Waals surface area contributed by atoms with Crippen LogP contribution in [0.25, 0.3) is 0 Å². The van der Waals surface area contributed by atoms with Gasteiger partial charge in [0.15, 0.2) is 0 Å². The van der Waals surface area contributed by atoms with E-state index in [0.29, 0.717) is 26.1 Å². The minimum atomic E-state index is -0.179. The highest BCUT2D eigenvalue weighted by Gasteiger charge is 2.36. The van der Waals surface area contributed by atoms with Gasteiger partial charge in [-0.05, 0) is 19.4 Å². The number of hydrogen-bond acceptors (Lipinski definition) is 5. The van der Waals surface area contributed by atoms with Gasteiger partial charge < -0.3 is 14.7 Å². The second-order valence-corrected chi connectivity index (χ2v) is 6.05. The lowest BCUT2D eigenvalue weighted by Gasteiger charge is -2.24. The van der Waals surface area contributed by atoms with Gasteiger partial charge in [-0.25, -0.2) is 9.97 Å². The maximum absolute atomic E-state index is 12.7. The summed E-state index contributed by atoms with van der Waals surface area (Å²) in [6.45, 7) is 6.17. The molecule has 2 amide bonds. The molecule has 2 fully saturated rings. The molecule has 1 aromatic heterocycles. The molecule has 0 saturated carbocycles. The Bertz CT molecular complexity index is 565. The molecule has 2 aliphatic heterocycles. The zero-order chi connectivity index (χ0) is 16.2. The first-order valence-corrected chi connectivity index (χ1v) is 8.27. The first-order valence-electron chi connectivity index (χ1n) is 8.27. The van der Waals surface area contributed by atoms with Gasteiger partial charge in [0.25, 0.3) is 0 Å². The zero-order valence-electron chi connectivity index (χ0n) is 13.5. The van der Waals surface area contributed by atoms with Crippen LogP contribution in [0.5, 0.6) is 0 Å². The van der Waals surface area contributed by atoms with Crippen molar-refractivity contribution in [2.75, 3.05) is 44.2 Å². The van der Waals surface area contributed by atoms with Crippen molar-refractivity contribution in [1.82, 2.24) is 19.8 Å². The van der Waals surface area contributed by atoms with Crippen molar-refractivity contribution in [1.29, 1.82) is 0 Å². The van der Waals surface area contributed by atoms with Crippen LogP contribution in [0, 0.1) is 5.92 Å². The summed E-state index contributed by atoms with van der Waals surface area (Å²) < 4.78 is 0. The molecule has 124 valence electrons. The Balaban J connectivity index is 1.60. The lowest BCUT2D eigenvalue weighted by Crippen LogP contribution is -2.40. The summed E-state index contributed by atoms with van der Waals surface area (Å²) >= 11 is 0. The molecule has 0 spiro atoms. The number of amides is 2. The van der Waals surface area contributed by atoms with Crippen LogP contribution in [0.3, 0.4) is 0 Å². The summed E-state index contributed by atoms with van der Waals surface area (Å²) in [7, 11) is 0. The first kappa shape index (κ1) is 15.7. The molecule has 0 N–H and O–H groups in total. The number of rotatable bonds is 3. The van der Waals surface area contributed by atoms with Crippen LogP contribution in [0.15, 0.2) is 18.5 Å². The average Bonchev–Trinajstić information content (AvgIpc) is 2.81. The third kappa shape index (κ3) is 3.43. The Morgan fingerprint density at radius 3 is 2.70 bits per heavy atom. The normalized spacial score (nSPS) is 22.4. The lowest BCUT2D eigenvalue weighted by molar-refractivity contribution is -0.135. The van der Waals surface area contributed by atoms with Gasteiger partial charge in [-0.1, -0.05) is 0 Å². The predicted octanol–water partition coefficient (Wildman–Crippen LogP) is 0.384. The first-order chi connectivity index (χ1) is 11.2. The van der Waals surface area contributed by atoms with E-state index in [4.69, 9.17) is 0 Å². The van der Waals surface area contributed by atoms with Crippen LogP contribution in [0.4, 0.5) is 5.95 Å². The van der Waals surface area contributed by atoms with Crippen LogP contribution in [0.1, 0.15) is 19.8 Å². The van der Waals surface area contributed by atoms with Crippen LogP contribution < -0.4 is 4.90 Å². The summed E-state index contributed by atoms with van der Waals surface area (Å²) in [6, 6.07) is 1.80. The summed E-state index contributed by atoms with van der Waals surface area (Å²) in [5.74, 6) is 0.752. The highest BCUT2D eigenvalue weighted by Crippen LogP contribution is 2.21. The van der Waals surface area contributed by atoms with E-state index in [1.165, 1.54) is 0 Å². The van der Waals surface area contributed by atoms with E-state index < -0.39 is 0 Å². The van der Waals surface area contributed by atoms with Gasteiger partial charge in [0.2, 0.25) is 17.8 Å². The summed E-state index contributed by atoms with van der Waals surface area (Å²) in [6.07, 6.45) is 4.72. The van der Waals surface area contributed by atoms with Crippen LogP contribution >= 0.6 is 0 Å². The van der Waals surface area contributed by atoms with Crippen molar-refractivity contribution in [2.24, 2.45) is 5.92 Å². The Hall–Kier alpha value is -2.18. The number of carbonyl (C=O) groups excluding carboxylic acids is 2. The summed E-state index contributed by atoms with van der Waals surface area (Å²) in [5.41, 5.74) is 0. The molecular formula is C16H23N5O2. The topological polar surface area (TPSA) is 69.6 Å². The molecule has 1 aromatic rings. The van der Waals surface area contributed by atoms with Crippen molar-refractivity contribution >= 4 is 17.8 Å². The average molecular weight is 317 g/mol. The molecular weight excluding hydrogens is 294 g/mol. The monoisotopic (exact) mass is 317 g/mol. The number of anilines is 1. The van der Waals surface area contributed by atoms with Crippen LogP contribution in [-0.2, 0) is 9.59 Å². The van der Waals surface area contributed by atoms with Gasteiger partial charge in [0, 0.05) is 58.1 Å². The van der Waals surface area contributed by atoms with Crippen molar-refractivity contribution in [2.45, 2.75) is 19.8 Å². The van der Waals surface area contributed by atoms with Gasteiger partial charge in [-0.3, -0.25) is 9.59 Å². The Labute approximate surface area is 136 Å². The number of nitrogens with zero attached hydrogens (tertiary/aromatic N) is 5. The molecule has 7 nitrogen and oxygen atoms in total. The molecule has 2 saturated heterocycles. The lowest BCUT2D eigenvalue weighted by atomic mass is 10.1. The fourth-order valence-corrected chi connectivity index (χ4v) is 3.29. The molecule has 23 heavy (non-hydrogen) atoms. The Morgan fingerprint density at radius 2 is 2.00 bits per heavy atom. The van der Waals surface area contributed by atoms with Crippen LogP contribution in [-0.4, -0.2) is 70.9 Å². The van der Waals surface area contributed by atoms with Crippen LogP contribution in [0.2, 0.25) is 0 Å². The molecule has 0 aliphatic carbocycles. The van der Waals surface area contributed by atoms with Crippen molar-refractivity contribution in [3.8, 4) is 0 Å². The fourth-order valence-electron chi connectivity index (χ4n) is 3.29. The largest absolute Gasteiger partial charge is 0.342 e. The highest BCUT2D eigenvalue weighted by atomic mass is 16.2. The van der Waals surface area contributed by atoms with Gasteiger partial charge in [0.05, 0.1) is 5.92 Å². The van der Waals surface area contributed by atoms with Crippen molar-refractivity contribution in [3.63, 3.8) is 0 Å². The quantitative estimate of drug-likeness (QED) is 0.806. The third-order valence-corrected chi connectivity index (χ3v) is 4.59. The number of likely N-dealkylation sites (tertiary alicyclic amines) is 1. The van der Waals surface area contributed by atoms with Gasteiger partial charge in [-0.15, -0.1) is 0 Å². The molecule has 3 rings (SSSR count). The predicted molar refractivity (Wildman–Crippen MR) is 85.8 cm³/mol. The van der Waals surface area contributed by atoms with E-state index in [9.17, 15) is 9.59 Å². The van der Waals surface area contributed by atoms with E-state index in [1.807, 2.05) is 11.8 Å². The standard InChI is InChI=1S/C16H23N5O2/c1-2-19-12-13(11-14(19)22)15(23)20-7-4-8-21(10-9-20)16-17-5-3-6-18-16/h3,5-6,13H,2,4,7-12H2,1H3/t13-/m1/s1. The Morgan fingerprint density at radius 1 is 1.22 bits per heavy atom. The fraction of sp³-hybridized carbons (Fsp3) is 0.625. The van der Waals surface area contributed by atoms with Gasteiger partial charge >= 0.3 is 0 Å². The Kier molecular flexibility index (Phi) is 4.73. The van der Waals surface area contributed by atoms with E-state index >= 15 is 0 Å². The zero-order valence-corrected chi connectivity index (χ0v) is 13.5. The molecule has 0 aromatic carbocycles. The van der Waals surface area contributed by atoms with E-state index in [1.54, 1.807) is 23.4 Å². The molecule has 2 aliphatic rings. The second kappa shape index (κ2) is 6.93. The minimum absolute atomic E-state index is 0.0972. The van der Waals surface area contributed by atoms with Gasteiger partial charge in [0.1, 0.15) is 0 Å². The van der Waals surface area contributed by atoms with E-state index in [-0.39, 0.29) is 17.7 Å². The molecule has 7 heteroatoms. The number of aromatic nitrogens is 2. The van der Waals surface area contributed by atoms with Crippen molar-refractivity contribution < 1.29 is 9.59 Å². The molecule has 1 atom stereocenters. The molecule has 0 bridgehead atoms. The van der Waals surface area contributed by atoms with E-state index in [0.717, 1.165) is 32.0 Å². The summed E-state index contributed by atoms with van der Waals surface area (Å²) in [4.78, 5) is 38.9. The molecule has 0 unspecified atom stereocenters. The maximum atomic E-state index is 12.7. The van der Waals surface area contributed by atoms with Crippen molar-refractivity contribution in [3.05, 3.63) is 18.5 Å². The minimum Gasteiger partial charge on any atom is -0.342 e. The SMILES string of the molecule is CCN1C[C@H](C(=O)N2CCCN(c3ncccn3)CC2)CC1=O. The highest BCUT2D eigenvalue weighted by molar-refractivity contribution is 5.89. The molecule has 3 heterocycles.